The maximum atomic E-state index is 5.85. The van der Waals surface area contributed by atoms with E-state index in [4.69, 9.17) is 22.1 Å². The number of hydrogen-bond acceptors (Lipinski definition) is 5. The van der Waals surface area contributed by atoms with Crippen LogP contribution in [0.25, 0.3) is 0 Å². The van der Waals surface area contributed by atoms with Crippen LogP contribution in [0.15, 0.2) is 30.3 Å². The number of aromatic nitrogens is 2. The second kappa shape index (κ2) is 5.10. The minimum atomic E-state index is 0.151. The summed E-state index contributed by atoms with van der Waals surface area (Å²) in [6.45, 7) is 0. The van der Waals surface area contributed by atoms with Crippen LogP contribution >= 0.6 is 11.6 Å². The van der Waals surface area contributed by atoms with E-state index in [-0.39, 0.29) is 5.95 Å². The maximum Gasteiger partial charge on any atom is 0.223 e. The highest BCUT2D eigenvalue weighted by Crippen LogP contribution is 2.25. The van der Waals surface area contributed by atoms with Gasteiger partial charge in [-0.3, -0.25) is 0 Å². The van der Waals surface area contributed by atoms with Crippen LogP contribution in [0.4, 0.5) is 17.5 Å². The van der Waals surface area contributed by atoms with Gasteiger partial charge in [0.05, 0.1) is 7.11 Å². The molecule has 1 heterocycles. The molecule has 1 aromatic carbocycles. The van der Waals surface area contributed by atoms with Crippen molar-refractivity contribution in [1.82, 2.24) is 9.97 Å². The van der Waals surface area contributed by atoms with Gasteiger partial charge < -0.3 is 15.4 Å². The van der Waals surface area contributed by atoms with Gasteiger partial charge in [-0.1, -0.05) is 11.6 Å². The summed E-state index contributed by atoms with van der Waals surface area (Å²) in [5.41, 5.74) is 6.52. The van der Waals surface area contributed by atoms with Gasteiger partial charge >= 0.3 is 0 Å². The number of methoxy groups -OCH3 is 1. The summed E-state index contributed by atoms with van der Waals surface area (Å²) in [6.07, 6.45) is 0. The largest absolute Gasteiger partial charge is 0.497 e. The normalized spacial score (nSPS) is 10.2. The Kier molecular flexibility index (Phi) is 3.53. The van der Waals surface area contributed by atoms with E-state index in [1.807, 2.05) is 36.2 Å². The van der Waals surface area contributed by atoms with Crippen LogP contribution in [0.3, 0.4) is 0 Å². The lowest BCUT2D eigenvalue weighted by molar-refractivity contribution is 0.415. The molecule has 1 aromatic heterocycles. The number of ether oxygens (including phenoxy) is 1. The molecule has 0 fully saturated rings. The van der Waals surface area contributed by atoms with Gasteiger partial charge in [0.2, 0.25) is 5.95 Å². The molecule has 94 valence electrons. The van der Waals surface area contributed by atoms with E-state index in [9.17, 15) is 0 Å². The Balaban J connectivity index is 2.31. The van der Waals surface area contributed by atoms with Crippen molar-refractivity contribution >= 4 is 29.1 Å². The lowest BCUT2D eigenvalue weighted by Crippen LogP contribution is -2.12. The highest BCUT2D eigenvalue weighted by Gasteiger charge is 2.08. The summed E-state index contributed by atoms with van der Waals surface area (Å²) in [4.78, 5) is 9.82. The summed E-state index contributed by atoms with van der Waals surface area (Å²) >= 11 is 5.85. The van der Waals surface area contributed by atoms with Gasteiger partial charge in [-0.15, -0.1) is 0 Å². The van der Waals surface area contributed by atoms with E-state index < -0.39 is 0 Å². The van der Waals surface area contributed by atoms with Crippen LogP contribution < -0.4 is 15.4 Å². The molecule has 0 spiro atoms. The van der Waals surface area contributed by atoms with Gasteiger partial charge in [-0.05, 0) is 24.3 Å². The van der Waals surface area contributed by atoms with E-state index in [1.54, 1.807) is 13.2 Å². The number of nitrogens with two attached hydrogens (primary N) is 1. The second-order valence-corrected chi connectivity index (χ2v) is 4.05. The van der Waals surface area contributed by atoms with Crippen LogP contribution in [0, 0.1) is 0 Å². The molecule has 5 nitrogen and oxygen atoms in total. The van der Waals surface area contributed by atoms with E-state index in [0.717, 1.165) is 11.4 Å². The molecule has 2 rings (SSSR count). The van der Waals surface area contributed by atoms with Gasteiger partial charge in [0.15, 0.2) is 0 Å². The Morgan fingerprint density at radius 2 is 1.89 bits per heavy atom. The van der Waals surface area contributed by atoms with Crippen molar-refractivity contribution in [1.29, 1.82) is 0 Å². The first-order chi connectivity index (χ1) is 8.60. The van der Waals surface area contributed by atoms with E-state index in [0.29, 0.717) is 11.0 Å². The summed E-state index contributed by atoms with van der Waals surface area (Å²) in [7, 11) is 3.50. The molecule has 0 aliphatic rings. The molecule has 0 amide bonds. The van der Waals surface area contributed by atoms with Crippen molar-refractivity contribution in [3.63, 3.8) is 0 Å². The quantitative estimate of drug-likeness (QED) is 0.863. The van der Waals surface area contributed by atoms with Crippen molar-refractivity contribution < 1.29 is 4.74 Å². The Labute approximate surface area is 110 Å². The zero-order valence-electron chi connectivity index (χ0n) is 10.1. The van der Waals surface area contributed by atoms with Gasteiger partial charge in [-0.25, -0.2) is 4.98 Å². The molecule has 2 aromatic rings. The maximum absolute atomic E-state index is 5.85. The zero-order valence-corrected chi connectivity index (χ0v) is 10.8. The van der Waals surface area contributed by atoms with Crippen molar-refractivity contribution in [2.45, 2.75) is 0 Å². The molecular weight excluding hydrogens is 252 g/mol. The predicted molar refractivity (Wildman–Crippen MR) is 72.5 cm³/mol. The molecule has 0 aliphatic carbocycles. The molecule has 0 radical (unpaired) electrons. The monoisotopic (exact) mass is 264 g/mol. The Bertz CT molecular complexity index is 524. The minimum Gasteiger partial charge on any atom is -0.497 e. The van der Waals surface area contributed by atoms with E-state index >= 15 is 0 Å². The third-order valence-electron chi connectivity index (χ3n) is 2.50. The number of rotatable bonds is 3. The lowest BCUT2D eigenvalue weighted by Gasteiger charge is -2.18. The third-order valence-corrected chi connectivity index (χ3v) is 2.70. The van der Waals surface area contributed by atoms with Crippen LogP contribution in [0.2, 0.25) is 5.15 Å². The van der Waals surface area contributed by atoms with Gasteiger partial charge in [0, 0.05) is 18.8 Å². The number of nitrogens with zero attached hydrogens (tertiary/aromatic N) is 3. The Morgan fingerprint density at radius 3 is 2.44 bits per heavy atom. The molecule has 6 heteroatoms. The van der Waals surface area contributed by atoms with Crippen LogP contribution in [-0.2, 0) is 0 Å². The van der Waals surface area contributed by atoms with Crippen LogP contribution in [0.1, 0.15) is 0 Å². The van der Waals surface area contributed by atoms with Gasteiger partial charge in [-0.2, -0.15) is 4.98 Å². The van der Waals surface area contributed by atoms with Crippen LogP contribution in [0.5, 0.6) is 5.75 Å². The molecule has 0 saturated heterocycles. The Hall–Kier alpha value is -2.01. The second-order valence-electron chi connectivity index (χ2n) is 3.66. The fraction of sp³-hybridized carbons (Fsp3) is 0.167. The fourth-order valence-electron chi connectivity index (χ4n) is 1.53. The number of anilines is 3. The zero-order chi connectivity index (χ0) is 13.1. The number of hydrogen-bond donors (Lipinski definition) is 1. The van der Waals surface area contributed by atoms with Crippen molar-refractivity contribution in [2.75, 3.05) is 24.8 Å². The number of halogens is 1. The molecule has 0 saturated carbocycles. The molecule has 2 N–H and O–H groups in total. The average molecular weight is 265 g/mol. The SMILES string of the molecule is COc1ccc(N(C)c2cc(Cl)nc(N)n2)cc1. The summed E-state index contributed by atoms with van der Waals surface area (Å²) in [5, 5.41) is 0.317. The molecule has 18 heavy (non-hydrogen) atoms. The van der Waals surface area contributed by atoms with Crippen molar-refractivity contribution in [2.24, 2.45) is 0 Å². The summed E-state index contributed by atoms with van der Waals surface area (Å²) in [5.74, 6) is 1.59. The fourth-order valence-corrected chi connectivity index (χ4v) is 1.72. The lowest BCUT2D eigenvalue weighted by atomic mass is 10.3. The Morgan fingerprint density at radius 1 is 1.22 bits per heavy atom. The minimum absolute atomic E-state index is 0.151. The third kappa shape index (κ3) is 2.62. The highest BCUT2D eigenvalue weighted by molar-refractivity contribution is 6.29. The summed E-state index contributed by atoms with van der Waals surface area (Å²) < 4.78 is 5.11. The molecule has 0 unspecified atom stereocenters. The average Bonchev–Trinajstić information content (AvgIpc) is 2.37. The number of nitrogen functional groups attached to an aromatic ring is 1. The van der Waals surface area contributed by atoms with Crippen LogP contribution in [-0.4, -0.2) is 24.1 Å². The molecule has 0 atom stereocenters. The first-order valence-corrected chi connectivity index (χ1v) is 5.66. The highest BCUT2D eigenvalue weighted by atomic mass is 35.5. The first-order valence-electron chi connectivity index (χ1n) is 5.28. The number of benzene rings is 1. The summed E-state index contributed by atoms with van der Waals surface area (Å²) in [6, 6.07) is 9.24. The molecule has 0 aliphatic heterocycles. The van der Waals surface area contributed by atoms with Gasteiger partial charge in [0.1, 0.15) is 16.7 Å². The molecule has 0 bridgehead atoms. The van der Waals surface area contributed by atoms with Crippen molar-refractivity contribution in [3.8, 4) is 5.75 Å². The van der Waals surface area contributed by atoms with E-state index in [1.165, 1.54) is 0 Å². The van der Waals surface area contributed by atoms with Crippen molar-refractivity contribution in [3.05, 3.63) is 35.5 Å². The topological polar surface area (TPSA) is 64.3 Å². The first kappa shape index (κ1) is 12.4. The van der Waals surface area contributed by atoms with Gasteiger partial charge in [0.25, 0.3) is 0 Å². The smallest absolute Gasteiger partial charge is 0.223 e. The van der Waals surface area contributed by atoms with E-state index in [2.05, 4.69) is 9.97 Å². The molecular formula is C12H13ClN4O. The predicted octanol–water partition coefficient (Wildman–Crippen LogP) is 2.49. The standard InChI is InChI=1S/C12H13ClN4O/c1-17(8-3-5-9(18-2)6-4-8)11-7-10(13)15-12(14)16-11/h3-7H,1-2H3,(H2,14,15,16).